The highest BCUT2D eigenvalue weighted by Gasteiger charge is 2.36. The van der Waals surface area contributed by atoms with E-state index in [4.69, 9.17) is 21.2 Å². The molecular formula is C10H10BrClFNO2. The number of rotatable bonds is 2. The monoisotopic (exact) mass is 309 g/mol. The lowest BCUT2D eigenvalue weighted by atomic mass is 10.0. The third kappa shape index (κ3) is 1.82. The Bertz CT molecular complexity index is 430. The van der Waals surface area contributed by atoms with Crippen LogP contribution in [-0.2, 0) is 4.84 Å². The number of hydroxylamine groups is 1. The number of nitrogens with one attached hydrogen (secondary N) is 1. The normalized spacial score (nSPS) is 23.1. The molecule has 0 aromatic heterocycles. The first-order valence-electron chi connectivity index (χ1n) is 4.68. The molecule has 1 aliphatic rings. The summed E-state index contributed by atoms with van der Waals surface area (Å²) in [5, 5.41) is 0.0613. The van der Waals surface area contributed by atoms with Crippen LogP contribution in [0.5, 0.6) is 5.75 Å². The predicted octanol–water partition coefficient (Wildman–Crippen LogP) is 3.21. The van der Waals surface area contributed by atoms with Gasteiger partial charge in [-0.1, -0.05) is 11.6 Å². The molecule has 0 radical (unpaired) electrons. The van der Waals surface area contributed by atoms with Gasteiger partial charge in [-0.05, 0) is 28.9 Å². The maximum absolute atomic E-state index is 13.9. The highest BCUT2D eigenvalue weighted by molar-refractivity contribution is 9.10. The molecule has 2 rings (SSSR count). The van der Waals surface area contributed by atoms with Gasteiger partial charge >= 0.3 is 0 Å². The summed E-state index contributed by atoms with van der Waals surface area (Å²) in [5.41, 5.74) is 3.10. The molecule has 88 valence electrons. The van der Waals surface area contributed by atoms with Crippen molar-refractivity contribution in [3.05, 3.63) is 26.9 Å². The Morgan fingerprint density at radius 2 is 2.31 bits per heavy atom. The topological polar surface area (TPSA) is 30.5 Å². The Balaban J connectivity index is 2.54. The molecule has 0 saturated carbocycles. The van der Waals surface area contributed by atoms with Gasteiger partial charge in [0.05, 0.1) is 22.2 Å². The van der Waals surface area contributed by atoms with Crippen molar-refractivity contribution in [3.8, 4) is 5.75 Å². The average molecular weight is 311 g/mol. The van der Waals surface area contributed by atoms with Crippen molar-refractivity contribution in [3.63, 3.8) is 0 Å². The average Bonchev–Trinajstić information content (AvgIpc) is 2.55. The van der Waals surface area contributed by atoms with Crippen LogP contribution in [0.15, 0.2) is 10.5 Å². The van der Waals surface area contributed by atoms with Gasteiger partial charge in [-0.3, -0.25) is 0 Å². The molecule has 0 amide bonds. The van der Waals surface area contributed by atoms with Gasteiger partial charge in [0.15, 0.2) is 5.82 Å². The number of halogens is 3. The van der Waals surface area contributed by atoms with Crippen LogP contribution in [0, 0.1) is 5.82 Å². The summed E-state index contributed by atoms with van der Waals surface area (Å²) in [6, 6.07) is 1.12. The van der Waals surface area contributed by atoms with Gasteiger partial charge in [-0.2, -0.15) is 5.48 Å². The zero-order chi connectivity index (χ0) is 11.9. The third-order valence-electron chi connectivity index (χ3n) is 2.49. The first kappa shape index (κ1) is 12.1. The van der Waals surface area contributed by atoms with Crippen molar-refractivity contribution in [2.24, 2.45) is 0 Å². The quantitative estimate of drug-likeness (QED) is 0.672. The highest BCUT2D eigenvalue weighted by Crippen LogP contribution is 2.45. The molecule has 0 aliphatic carbocycles. The molecule has 6 heteroatoms. The second kappa shape index (κ2) is 4.49. The number of hydrogen-bond acceptors (Lipinski definition) is 3. The SMILES string of the molecule is CONC1c2c(F)c(Cl)cc(Br)c2OC1C. The van der Waals surface area contributed by atoms with E-state index in [9.17, 15) is 4.39 Å². The van der Waals surface area contributed by atoms with E-state index in [-0.39, 0.29) is 17.2 Å². The minimum Gasteiger partial charge on any atom is -0.487 e. The molecule has 1 aromatic carbocycles. The molecular weight excluding hydrogens is 300 g/mol. The van der Waals surface area contributed by atoms with Crippen LogP contribution in [0.1, 0.15) is 18.5 Å². The van der Waals surface area contributed by atoms with Crippen molar-refractivity contribution in [2.75, 3.05) is 7.11 Å². The summed E-state index contributed by atoms with van der Waals surface area (Å²) >= 11 is 9.08. The van der Waals surface area contributed by atoms with E-state index in [1.807, 2.05) is 6.92 Å². The second-order valence-corrected chi connectivity index (χ2v) is 4.78. The fourth-order valence-electron chi connectivity index (χ4n) is 1.77. The highest BCUT2D eigenvalue weighted by atomic mass is 79.9. The summed E-state index contributed by atoms with van der Waals surface area (Å²) < 4.78 is 20.1. The fourth-order valence-corrected chi connectivity index (χ4v) is 2.64. The van der Waals surface area contributed by atoms with Crippen LogP contribution < -0.4 is 10.2 Å². The molecule has 1 N–H and O–H groups in total. The summed E-state index contributed by atoms with van der Waals surface area (Å²) in [5.74, 6) is 0.00252. The molecule has 0 spiro atoms. The zero-order valence-corrected chi connectivity index (χ0v) is 11.0. The Morgan fingerprint density at radius 3 is 2.94 bits per heavy atom. The molecule has 3 nitrogen and oxygen atoms in total. The Morgan fingerprint density at radius 1 is 1.62 bits per heavy atom. The number of benzene rings is 1. The maximum atomic E-state index is 13.9. The summed E-state index contributed by atoms with van der Waals surface area (Å²) in [4.78, 5) is 4.83. The van der Waals surface area contributed by atoms with E-state index >= 15 is 0 Å². The molecule has 0 bridgehead atoms. The summed E-state index contributed by atoms with van der Waals surface area (Å²) in [7, 11) is 1.47. The van der Waals surface area contributed by atoms with Gasteiger partial charge in [0.25, 0.3) is 0 Å². The molecule has 0 fully saturated rings. The Kier molecular flexibility index (Phi) is 3.39. The minimum atomic E-state index is -0.473. The molecule has 1 aromatic rings. The van der Waals surface area contributed by atoms with E-state index in [1.165, 1.54) is 13.2 Å². The number of hydrogen-bond donors (Lipinski definition) is 1. The van der Waals surface area contributed by atoms with Crippen molar-refractivity contribution in [2.45, 2.75) is 19.1 Å². The van der Waals surface area contributed by atoms with Gasteiger partial charge in [0.2, 0.25) is 0 Å². The predicted molar refractivity (Wildman–Crippen MR) is 62.1 cm³/mol. The molecule has 1 heterocycles. The van der Waals surface area contributed by atoms with Crippen molar-refractivity contribution < 1.29 is 14.0 Å². The molecule has 16 heavy (non-hydrogen) atoms. The number of ether oxygens (including phenoxy) is 1. The first-order valence-corrected chi connectivity index (χ1v) is 5.86. The van der Waals surface area contributed by atoms with Crippen LogP contribution in [0.2, 0.25) is 5.02 Å². The lowest BCUT2D eigenvalue weighted by Gasteiger charge is -2.14. The zero-order valence-electron chi connectivity index (χ0n) is 8.68. The van der Waals surface area contributed by atoms with E-state index < -0.39 is 5.82 Å². The third-order valence-corrected chi connectivity index (χ3v) is 3.35. The largest absolute Gasteiger partial charge is 0.487 e. The lowest BCUT2D eigenvalue weighted by molar-refractivity contribution is 0.0331. The van der Waals surface area contributed by atoms with Crippen molar-refractivity contribution in [1.29, 1.82) is 0 Å². The van der Waals surface area contributed by atoms with Crippen LogP contribution >= 0.6 is 27.5 Å². The molecule has 1 aliphatic heterocycles. The standard InChI is InChI=1S/C10H10BrClFNO2/c1-4-9(14-15-2)7-8(13)6(12)3-5(11)10(7)16-4/h3-4,9,14H,1-2H3. The minimum absolute atomic E-state index is 0.0613. The van der Waals surface area contributed by atoms with E-state index in [2.05, 4.69) is 21.4 Å². The van der Waals surface area contributed by atoms with E-state index in [1.54, 1.807) is 0 Å². The van der Waals surface area contributed by atoms with Gasteiger partial charge in [-0.15, -0.1) is 0 Å². The van der Waals surface area contributed by atoms with Gasteiger partial charge in [0.1, 0.15) is 17.9 Å². The Hall–Kier alpha value is -0.360. The van der Waals surface area contributed by atoms with Gasteiger partial charge in [-0.25, -0.2) is 4.39 Å². The van der Waals surface area contributed by atoms with Crippen molar-refractivity contribution >= 4 is 27.5 Å². The van der Waals surface area contributed by atoms with Crippen molar-refractivity contribution in [1.82, 2.24) is 5.48 Å². The molecule has 2 atom stereocenters. The molecule has 0 saturated heterocycles. The Labute approximate surface area is 106 Å². The first-order chi connectivity index (χ1) is 7.56. The van der Waals surface area contributed by atoms with Gasteiger partial charge < -0.3 is 9.57 Å². The second-order valence-electron chi connectivity index (χ2n) is 3.52. The fraction of sp³-hybridized carbons (Fsp3) is 0.400. The smallest absolute Gasteiger partial charge is 0.150 e. The van der Waals surface area contributed by atoms with E-state index in [0.29, 0.717) is 15.8 Å². The van der Waals surface area contributed by atoms with Crippen LogP contribution in [0.25, 0.3) is 0 Å². The van der Waals surface area contributed by atoms with Crippen LogP contribution in [-0.4, -0.2) is 13.2 Å². The molecule has 2 unspecified atom stereocenters. The van der Waals surface area contributed by atoms with E-state index in [0.717, 1.165) is 0 Å². The maximum Gasteiger partial charge on any atom is 0.150 e. The van der Waals surface area contributed by atoms with Crippen LogP contribution in [0.4, 0.5) is 4.39 Å². The lowest BCUT2D eigenvalue weighted by Crippen LogP contribution is -2.28. The van der Waals surface area contributed by atoms with Gasteiger partial charge in [0, 0.05) is 0 Å². The number of fused-ring (bicyclic) bond motifs is 1. The summed E-state index contributed by atoms with van der Waals surface area (Å²) in [6.07, 6.45) is -0.223. The van der Waals surface area contributed by atoms with Crippen LogP contribution in [0.3, 0.4) is 0 Å². The summed E-state index contributed by atoms with van der Waals surface area (Å²) in [6.45, 7) is 1.83.